The molecule has 0 unspecified atom stereocenters. The van der Waals surface area contributed by atoms with Crippen LogP contribution in [0.15, 0.2) is 69.9 Å². The number of carbonyl (C=O) groups excluding carboxylic acids is 1. The van der Waals surface area contributed by atoms with Gasteiger partial charge in [-0.2, -0.15) is 0 Å². The summed E-state index contributed by atoms with van der Waals surface area (Å²) in [5.41, 5.74) is 2.78. The number of hydrogen-bond acceptors (Lipinski definition) is 4. The Labute approximate surface area is 181 Å². The molecule has 0 aliphatic carbocycles. The highest BCUT2D eigenvalue weighted by atomic mass is 16.4. The molecule has 4 nitrogen and oxygen atoms in total. The molecule has 0 radical (unpaired) electrons. The maximum Gasteiger partial charge on any atom is 0.347 e. The zero-order valence-corrected chi connectivity index (χ0v) is 18.2. The largest absolute Gasteiger partial charge is 0.422 e. The summed E-state index contributed by atoms with van der Waals surface area (Å²) in [6.07, 6.45) is 1.03. The van der Waals surface area contributed by atoms with Gasteiger partial charge in [-0.05, 0) is 60.7 Å². The number of nitrogens with zero attached hydrogens (tertiary/aromatic N) is 1. The summed E-state index contributed by atoms with van der Waals surface area (Å²) in [5, 5.41) is 2.80. The summed E-state index contributed by atoms with van der Waals surface area (Å²) in [4.78, 5) is 28.2. The predicted octanol–water partition coefficient (Wildman–Crippen LogP) is 5.90. The Balaban J connectivity index is 1.63. The van der Waals surface area contributed by atoms with Crippen molar-refractivity contribution in [2.24, 2.45) is 0 Å². The van der Waals surface area contributed by atoms with Crippen molar-refractivity contribution in [2.45, 2.75) is 38.6 Å². The zero-order valence-electron chi connectivity index (χ0n) is 18.2. The van der Waals surface area contributed by atoms with Crippen molar-refractivity contribution in [3.8, 4) is 0 Å². The molecule has 0 saturated heterocycles. The fourth-order valence-corrected chi connectivity index (χ4v) is 4.83. The Bertz CT molecular complexity index is 1410. The Kier molecular flexibility index (Phi) is 4.30. The zero-order chi connectivity index (χ0) is 21.9. The van der Waals surface area contributed by atoms with Crippen molar-refractivity contribution in [3.05, 3.63) is 87.8 Å². The van der Waals surface area contributed by atoms with Crippen molar-refractivity contribution in [1.82, 2.24) is 0 Å². The van der Waals surface area contributed by atoms with Gasteiger partial charge >= 0.3 is 5.63 Å². The molecule has 0 bridgehead atoms. The summed E-state index contributed by atoms with van der Waals surface area (Å²) >= 11 is 0. The van der Waals surface area contributed by atoms with Crippen molar-refractivity contribution in [2.75, 3.05) is 11.9 Å². The summed E-state index contributed by atoms with van der Waals surface area (Å²) in [6.45, 7) is 6.66. The molecule has 0 fully saturated rings. The molecular weight excluding hydrogens is 386 g/mol. The van der Waals surface area contributed by atoms with Gasteiger partial charge in [0.05, 0.1) is 0 Å². The number of ketones is 1. The minimum Gasteiger partial charge on any atom is -0.422 e. The number of hydrogen-bond donors (Lipinski definition) is 0. The maximum atomic E-state index is 13.2. The van der Waals surface area contributed by atoms with E-state index in [1.54, 1.807) is 12.1 Å². The van der Waals surface area contributed by atoms with Crippen molar-refractivity contribution >= 4 is 33.2 Å². The number of rotatable bonds is 2. The van der Waals surface area contributed by atoms with E-state index in [0.717, 1.165) is 28.3 Å². The van der Waals surface area contributed by atoms with E-state index in [4.69, 9.17) is 4.42 Å². The van der Waals surface area contributed by atoms with Gasteiger partial charge in [-0.1, -0.05) is 43.3 Å². The second-order valence-corrected chi connectivity index (χ2v) is 9.26. The van der Waals surface area contributed by atoms with Crippen LogP contribution in [0, 0.1) is 0 Å². The average Bonchev–Trinajstić information content (AvgIpc) is 2.75. The molecule has 4 heteroatoms. The molecule has 1 aliphatic heterocycles. The number of fused-ring (bicyclic) bond motifs is 3. The van der Waals surface area contributed by atoms with E-state index >= 15 is 0 Å². The molecule has 156 valence electrons. The third kappa shape index (κ3) is 3.14. The summed E-state index contributed by atoms with van der Waals surface area (Å²) in [6, 6.07) is 19.0. The molecule has 3 aromatic carbocycles. The second-order valence-electron chi connectivity index (χ2n) is 9.26. The molecule has 1 aliphatic rings. The molecule has 0 saturated carbocycles. The van der Waals surface area contributed by atoms with Crippen LogP contribution in [0.25, 0.3) is 21.7 Å². The van der Waals surface area contributed by atoms with Crippen LogP contribution in [0.2, 0.25) is 0 Å². The lowest BCUT2D eigenvalue weighted by molar-refractivity contribution is 0.103. The topological polar surface area (TPSA) is 50.5 Å². The van der Waals surface area contributed by atoms with E-state index in [0.29, 0.717) is 17.1 Å². The lowest BCUT2D eigenvalue weighted by Crippen LogP contribution is -2.45. The van der Waals surface area contributed by atoms with Crippen LogP contribution in [-0.2, 0) is 0 Å². The standard InChI is InChI=1S/C27H25NO3/c1-16-15-27(2,3)28(4)23-14-24-20(12-21(16)23)13-22(26(30)31-24)25(29)19-10-9-17-7-5-6-8-18(17)11-19/h5-14,16H,15H2,1-4H3/t16-/m1/s1. The minimum absolute atomic E-state index is 0.0202. The van der Waals surface area contributed by atoms with E-state index in [-0.39, 0.29) is 16.9 Å². The predicted molar refractivity (Wildman–Crippen MR) is 125 cm³/mol. The average molecular weight is 412 g/mol. The highest BCUT2D eigenvalue weighted by Crippen LogP contribution is 2.43. The Morgan fingerprint density at radius 2 is 1.74 bits per heavy atom. The van der Waals surface area contributed by atoms with Crippen LogP contribution in [0.4, 0.5) is 5.69 Å². The van der Waals surface area contributed by atoms with Gasteiger partial charge in [0.1, 0.15) is 11.1 Å². The van der Waals surface area contributed by atoms with Crippen LogP contribution in [-0.4, -0.2) is 18.4 Å². The third-order valence-corrected chi connectivity index (χ3v) is 6.74. The van der Waals surface area contributed by atoms with E-state index in [2.05, 4.69) is 38.8 Å². The fourth-order valence-electron chi connectivity index (χ4n) is 4.83. The Morgan fingerprint density at radius 3 is 2.52 bits per heavy atom. The van der Waals surface area contributed by atoms with Gasteiger partial charge in [0, 0.05) is 35.3 Å². The Morgan fingerprint density at radius 1 is 1.00 bits per heavy atom. The van der Waals surface area contributed by atoms with Gasteiger partial charge in [-0.25, -0.2) is 4.79 Å². The molecule has 1 aromatic heterocycles. The molecule has 0 amide bonds. The molecule has 31 heavy (non-hydrogen) atoms. The minimum atomic E-state index is -0.601. The number of anilines is 1. The summed E-state index contributed by atoms with van der Waals surface area (Å²) in [7, 11) is 2.08. The van der Waals surface area contributed by atoms with Crippen molar-refractivity contribution in [3.63, 3.8) is 0 Å². The van der Waals surface area contributed by atoms with Crippen LogP contribution in [0.3, 0.4) is 0 Å². The van der Waals surface area contributed by atoms with Crippen LogP contribution < -0.4 is 10.5 Å². The van der Waals surface area contributed by atoms with Gasteiger partial charge in [-0.3, -0.25) is 4.79 Å². The molecule has 5 rings (SSSR count). The van der Waals surface area contributed by atoms with E-state index in [1.807, 2.05) is 42.5 Å². The van der Waals surface area contributed by atoms with E-state index in [1.165, 1.54) is 5.56 Å². The normalized spacial score (nSPS) is 17.7. The first-order chi connectivity index (χ1) is 14.7. The first-order valence-electron chi connectivity index (χ1n) is 10.6. The smallest absolute Gasteiger partial charge is 0.347 e. The first kappa shape index (κ1) is 19.6. The second kappa shape index (κ2) is 6.81. The quantitative estimate of drug-likeness (QED) is 0.304. The third-order valence-electron chi connectivity index (χ3n) is 6.74. The Hall–Kier alpha value is -3.40. The molecule has 0 spiro atoms. The first-order valence-corrected chi connectivity index (χ1v) is 10.6. The summed E-state index contributed by atoms with van der Waals surface area (Å²) < 4.78 is 5.64. The lowest BCUT2D eigenvalue weighted by atomic mass is 9.80. The van der Waals surface area contributed by atoms with Gasteiger partial charge in [0.2, 0.25) is 0 Å². The highest BCUT2D eigenvalue weighted by molar-refractivity contribution is 6.11. The molecule has 4 aromatic rings. The summed E-state index contributed by atoms with van der Waals surface area (Å²) in [5.74, 6) is 0.0580. The monoisotopic (exact) mass is 411 g/mol. The highest BCUT2D eigenvalue weighted by Gasteiger charge is 2.34. The number of benzene rings is 3. The lowest BCUT2D eigenvalue weighted by Gasteiger charge is -2.45. The van der Waals surface area contributed by atoms with Crippen LogP contribution in [0.5, 0.6) is 0 Å². The number of carbonyl (C=O) groups is 1. The van der Waals surface area contributed by atoms with E-state index < -0.39 is 5.63 Å². The van der Waals surface area contributed by atoms with Crippen LogP contribution in [0.1, 0.15) is 54.6 Å². The van der Waals surface area contributed by atoms with Gasteiger partial charge < -0.3 is 9.32 Å². The molecule has 0 N–H and O–H groups in total. The molecule has 1 atom stereocenters. The van der Waals surface area contributed by atoms with Crippen molar-refractivity contribution < 1.29 is 9.21 Å². The maximum absolute atomic E-state index is 13.2. The van der Waals surface area contributed by atoms with Gasteiger partial charge in [0.25, 0.3) is 0 Å². The van der Waals surface area contributed by atoms with Gasteiger partial charge in [0.15, 0.2) is 5.78 Å². The molecular formula is C27H25NO3. The van der Waals surface area contributed by atoms with Gasteiger partial charge in [-0.15, -0.1) is 0 Å². The molecule has 2 heterocycles. The van der Waals surface area contributed by atoms with E-state index in [9.17, 15) is 9.59 Å². The fraction of sp³-hybridized carbons (Fsp3) is 0.259. The SMILES string of the molecule is C[C@@H]1CC(C)(C)N(C)c2cc3oc(=O)c(C(=O)c4ccc5ccccc5c4)cc3cc21. The van der Waals surface area contributed by atoms with Crippen molar-refractivity contribution in [1.29, 1.82) is 0 Å². The van der Waals surface area contributed by atoms with Crippen LogP contribution >= 0.6 is 0 Å².